The molecule has 0 unspecified atom stereocenters. The number of likely N-dealkylation sites (tertiary alicyclic amines) is 1. The number of hydrogen-bond acceptors (Lipinski definition) is 3. The summed E-state index contributed by atoms with van der Waals surface area (Å²) in [6, 6.07) is 0. The van der Waals surface area contributed by atoms with Crippen LogP contribution in [0.2, 0.25) is 0 Å². The van der Waals surface area contributed by atoms with E-state index in [0.717, 1.165) is 26.2 Å². The van der Waals surface area contributed by atoms with Crippen molar-refractivity contribution in [3.63, 3.8) is 0 Å². The van der Waals surface area contributed by atoms with Gasteiger partial charge in [-0.2, -0.15) is 0 Å². The van der Waals surface area contributed by atoms with Crippen molar-refractivity contribution in [2.75, 3.05) is 26.2 Å². The van der Waals surface area contributed by atoms with Gasteiger partial charge in [-0.25, -0.2) is 4.79 Å². The highest BCUT2D eigenvalue weighted by atomic mass is 16.6. The molecule has 1 spiro atoms. The molecule has 2 saturated heterocycles. The van der Waals surface area contributed by atoms with E-state index in [2.05, 4.69) is 5.32 Å². The summed E-state index contributed by atoms with van der Waals surface area (Å²) >= 11 is 0. The average molecular weight is 212 g/mol. The topological polar surface area (TPSA) is 41.6 Å². The largest absolute Gasteiger partial charge is 0.447 e. The van der Waals surface area contributed by atoms with Crippen LogP contribution in [-0.2, 0) is 4.74 Å². The first-order valence-corrected chi connectivity index (χ1v) is 5.78. The van der Waals surface area contributed by atoms with Crippen molar-refractivity contribution in [3.05, 3.63) is 0 Å². The summed E-state index contributed by atoms with van der Waals surface area (Å²) in [5.41, 5.74) is 0.404. The monoisotopic (exact) mass is 212 g/mol. The fraction of sp³-hybridized carbons (Fsp3) is 0.909. The van der Waals surface area contributed by atoms with Crippen molar-refractivity contribution in [3.8, 4) is 0 Å². The second-order valence-electron chi connectivity index (χ2n) is 5.04. The van der Waals surface area contributed by atoms with Crippen molar-refractivity contribution in [1.82, 2.24) is 10.2 Å². The predicted octanol–water partition coefficient (Wildman–Crippen LogP) is 1.22. The molecule has 1 amide bonds. The van der Waals surface area contributed by atoms with E-state index in [0.29, 0.717) is 5.41 Å². The van der Waals surface area contributed by atoms with Gasteiger partial charge in [0.1, 0.15) is 0 Å². The summed E-state index contributed by atoms with van der Waals surface area (Å²) < 4.78 is 5.16. The minimum atomic E-state index is -0.144. The first-order chi connectivity index (χ1) is 7.11. The van der Waals surface area contributed by atoms with Gasteiger partial charge < -0.3 is 15.0 Å². The van der Waals surface area contributed by atoms with Gasteiger partial charge in [-0.3, -0.25) is 0 Å². The Morgan fingerprint density at radius 1 is 1.33 bits per heavy atom. The van der Waals surface area contributed by atoms with Gasteiger partial charge >= 0.3 is 6.09 Å². The molecule has 2 fully saturated rings. The van der Waals surface area contributed by atoms with Crippen molar-refractivity contribution in [2.45, 2.75) is 32.8 Å². The molecule has 2 aliphatic rings. The average Bonchev–Trinajstić information content (AvgIpc) is 2.14. The number of carbonyl (C=O) groups excluding carboxylic acids is 1. The van der Waals surface area contributed by atoms with Crippen LogP contribution >= 0.6 is 0 Å². The van der Waals surface area contributed by atoms with Crippen molar-refractivity contribution >= 4 is 6.09 Å². The van der Waals surface area contributed by atoms with E-state index < -0.39 is 0 Å². The maximum atomic E-state index is 11.5. The van der Waals surface area contributed by atoms with Crippen LogP contribution in [0.4, 0.5) is 4.79 Å². The molecule has 2 aliphatic heterocycles. The predicted molar refractivity (Wildman–Crippen MR) is 57.7 cm³/mol. The second-order valence-corrected chi connectivity index (χ2v) is 5.04. The van der Waals surface area contributed by atoms with Gasteiger partial charge in [0, 0.05) is 18.5 Å². The summed E-state index contributed by atoms with van der Waals surface area (Å²) in [4.78, 5) is 13.4. The van der Waals surface area contributed by atoms with Gasteiger partial charge in [0.25, 0.3) is 0 Å². The lowest BCUT2D eigenvalue weighted by molar-refractivity contribution is -0.0284. The van der Waals surface area contributed by atoms with Crippen molar-refractivity contribution in [1.29, 1.82) is 0 Å². The lowest BCUT2D eigenvalue weighted by Crippen LogP contribution is -2.61. The molecule has 0 atom stereocenters. The Kier molecular flexibility index (Phi) is 2.87. The number of rotatable bonds is 1. The zero-order valence-electron chi connectivity index (χ0n) is 9.58. The summed E-state index contributed by atoms with van der Waals surface area (Å²) in [5.74, 6) is 0. The van der Waals surface area contributed by atoms with E-state index in [9.17, 15) is 4.79 Å². The minimum absolute atomic E-state index is 0.0120. The molecule has 15 heavy (non-hydrogen) atoms. The van der Waals surface area contributed by atoms with E-state index in [1.807, 2.05) is 18.7 Å². The molecule has 2 heterocycles. The number of nitrogens with zero attached hydrogens (tertiary/aromatic N) is 1. The van der Waals surface area contributed by atoms with Gasteiger partial charge in [-0.1, -0.05) is 0 Å². The summed E-state index contributed by atoms with van der Waals surface area (Å²) in [5, 5.41) is 3.35. The fourth-order valence-electron chi connectivity index (χ4n) is 2.44. The summed E-state index contributed by atoms with van der Waals surface area (Å²) in [7, 11) is 0. The number of piperidine rings is 1. The summed E-state index contributed by atoms with van der Waals surface area (Å²) in [6.45, 7) is 7.73. The van der Waals surface area contributed by atoms with Crippen LogP contribution in [-0.4, -0.2) is 43.3 Å². The molecule has 0 aliphatic carbocycles. The Morgan fingerprint density at radius 2 is 1.93 bits per heavy atom. The third-order valence-corrected chi connectivity index (χ3v) is 3.31. The molecule has 0 radical (unpaired) electrons. The number of ether oxygens (including phenoxy) is 1. The molecule has 4 heteroatoms. The molecular formula is C11H20N2O2. The molecule has 0 aromatic rings. The SMILES string of the molecule is CC(C)OC(=O)N1CC2(CCNCC2)C1. The van der Waals surface area contributed by atoms with Crippen LogP contribution in [0.25, 0.3) is 0 Å². The summed E-state index contributed by atoms with van der Waals surface area (Å²) in [6.07, 6.45) is 2.23. The molecule has 86 valence electrons. The lowest BCUT2D eigenvalue weighted by Gasteiger charge is -2.51. The quantitative estimate of drug-likeness (QED) is 0.710. The second kappa shape index (κ2) is 4.00. The molecule has 0 aromatic carbocycles. The third kappa shape index (κ3) is 2.25. The molecule has 0 bridgehead atoms. The Labute approximate surface area is 91.0 Å². The Hall–Kier alpha value is -0.770. The molecule has 4 nitrogen and oxygen atoms in total. The van der Waals surface area contributed by atoms with Crippen LogP contribution in [0, 0.1) is 5.41 Å². The highest BCUT2D eigenvalue weighted by molar-refractivity contribution is 5.69. The van der Waals surface area contributed by atoms with Crippen LogP contribution < -0.4 is 5.32 Å². The van der Waals surface area contributed by atoms with Gasteiger partial charge in [-0.15, -0.1) is 0 Å². The van der Waals surface area contributed by atoms with Crippen LogP contribution in [0.1, 0.15) is 26.7 Å². The van der Waals surface area contributed by atoms with E-state index in [1.165, 1.54) is 12.8 Å². The Morgan fingerprint density at radius 3 is 2.47 bits per heavy atom. The third-order valence-electron chi connectivity index (χ3n) is 3.31. The van der Waals surface area contributed by atoms with Gasteiger partial charge in [-0.05, 0) is 39.8 Å². The normalized spacial score (nSPS) is 24.1. The maximum Gasteiger partial charge on any atom is 0.410 e. The van der Waals surface area contributed by atoms with Crippen LogP contribution in [0.15, 0.2) is 0 Å². The van der Waals surface area contributed by atoms with Gasteiger partial charge in [0.15, 0.2) is 0 Å². The molecule has 1 N–H and O–H groups in total. The standard InChI is InChI=1S/C11H20N2O2/c1-9(2)15-10(14)13-7-11(8-13)3-5-12-6-4-11/h9,12H,3-8H2,1-2H3. The maximum absolute atomic E-state index is 11.5. The molecule has 2 rings (SSSR count). The van der Waals surface area contributed by atoms with E-state index in [-0.39, 0.29) is 12.2 Å². The first-order valence-electron chi connectivity index (χ1n) is 5.78. The molecule has 0 saturated carbocycles. The van der Waals surface area contributed by atoms with E-state index in [4.69, 9.17) is 4.74 Å². The van der Waals surface area contributed by atoms with E-state index >= 15 is 0 Å². The smallest absolute Gasteiger partial charge is 0.410 e. The minimum Gasteiger partial charge on any atom is -0.447 e. The zero-order chi connectivity index (χ0) is 10.9. The van der Waals surface area contributed by atoms with Crippen molar-refractivity contribution < 1.29 is 9.53 Å². The number of carbonyl (C=O) groups is 1. The Balaban J connectivity index is 1.79. The number of nitrogens with one attached hydrogen (secondary N) is 1. The van der Waals surface area contributed by atoms with Gasteiger partial charge in [0.05, 0.1) is 6.10 Å². The zero-order valence-corrected chi connectivity index (χ0v) is 9.58. The lowest BCUT2D eigenvalue weighted by atomic mass is 9.73. The highest BCUT2D eigenvalue weighted by Crippen LogP contribution is 2.38. The van der Waals surface area contributed by atoms with Gasteiger partial charge in [0.2, 0.25) is 0 Å². The van der Waals surface area contributed by atoms with Crippen LogP contribution in [0.5, 0.6) is 0 Å². The molecular weight excluding hydrogens is 192 g/mol. The highest BCUT2D eigenvalue weighted by Gasteiger charge is 2.46. The number of amides is 1. The number of hydrogen-bond donors (Lipinski definition) is 1. The van der Waals surface area contributed by atoms with E-state index in [1.54, 1.807) is 0 Å². The Bertz CT molecular complexity index is 239. The molecule has 0 aromatic heterocycles. The fourth-order valence-corrected chi connectivity index (χ4v) is 2.44. The van der Waals surface area contributed by atoms with Crippen molar-refractivity contribution in [2.24, 2.45) is 5.41 Å². The van der Waals surface area contributed by atoms with Crippen LogP contribution in [0.3, 0.4) is 0 Å². The first kappa shape index (κ1) is 10.7.